The van der Waals surface area contributed by atoms with Crippen molar-refractivity contribution >= 4 is 17.6 Å². The van der Waals surface area contributed by atoms with Gasteiger partial charge in [-0.1, -0.05) is 18.2 Å². The molecule has 0 unspecified atom stereocenters. The predicted molar refractivity (Wildman–Crippen MR) is 110 cm³/mol. The molecule has 1 atom stereocenters. The van der Waals surface area contributed by atoms with Gasteiger partial charge in [0.15, 0.2) is 6.10 Å². The van der Waals surface area contributed by atoms with E-state index in [4.69, 9.17) is 10.00 Å². The molecule has 1 aromatic heterocycles. The van der Waals surface area contributed by atoms with E-state index in [0.717, 1.165) is 0 Å². The zero-order valence-corrected chi connectivity index (χ0v) is 16.7. The number of carbonyl (C=O) groups is 2. The summed E-state index contributed by atoms with van der Waals surface area (Å²) in [5.41, 5.74) is 1.58. The Morgan fingerprint density at radius 1 is 1.10 bits per heavy atom. The lowest BCUT2D eigenvalue weighted by Crippen LogP contribution is -2.32. The van der Waals surface area contributed by atoms with Crippen LogP contribution in [0.4, 0.5) is 5.69 Å². The van der Waals surface area contributed by atoms with Crippen LogP contribution in [-0.2, 0) is 16.6 Å². The van der Waals surface area contributed by atoms with Gasteiger partial charge in [-0.15, -0.1) is 0 Å². The summed E-state index contributed by atoms with van der Waals surface area (Å²) in [5, 5.41) is 11.4. The lowest BCUT2D eigenvalue weighted by Gasteiger charge is -2.13. The number of aromatic nitrogens is 2. The Hall–Kier alpha value is -4.12. The highest BCUT2D eigenvalue weighted by molar-refractivity contribution is 5.97. The summed E-state index contributed by atoms with van der Waals surface area (Å²) < 4.78 is 8.28. The molecule has 1 heterocycles. The molecule has 8 nitrogen and oxygen atoms in total. The smallest absolute Gasteiger partial charge is 0.338 e. The first-order chi connectivity index (χ1) is 14.3. The van der Waals surface area contributed by atoms with Gasteiger partial charge in [-0.2, -0.15) is 5.26 Å². The minimum atomic E-state index is -1.13. The third-order valence-electron chi connectivity index (χ3n) is 4.71. The fourth-order valence-electron chi connectivity index (χ4n) is 2.90. The van der Waals surface area contributed by atoms with Gasteiger partial charge in [0.05, 0.1) is 28.6 Å². The number of rotatable bonds is 5. The van der Waals surface area contributed by atoms with Gasteiger partial charge in [-0.05, 0) is 50.2 Å². The molecule has 1 N–H and O–H groups in total. The summed E-state index contributed by atoms with van der Waals surface area (Å²) in [5.74, 6) is -1.32. The van der Waals surface area contributed by atoms with Crippen LogP contribution in [0, 0.1) is 18.3 Å². The number of anilines is 1. The van der Waals surface area contributed by atoms with Gasteiger partial charge < -0.3 is 10.1 Å². The van der Waals surface area contributed by atoms with Crippen LogP contribution < -0.4 is 10.9 Å². The summed E-state index contributed by atoms with van der Waals surface area (Å²) in [6, 6.07) is 16.9. The monoisotopic (exact) mass is 404 g/mol. The molecule has 8 heteroatoms. The Morgan fingerprint density at radius 2 is 1.73 bits per heavy atom. The summed E-state index contributed by atoms with van der Waals surface area (Å²) >= 11 is 0. The molecule has 1 amide bonds. The Balaban J connectivity index is 1.76. The van der Waals surface area contributed by atoms with Crippen LogP contribution >= 0.6 is 0 Å². The van der Waals surface area contributed by atoms with Gasteiger partial charge in [0.2, 0.25) is 0 Å². The summed E-state index contributed by atoms with van der Waals surface area (Å²) in [6.07, 6.45) is -1.13. The third-order valence-corrected chi connectivity index (χ3v) is 4.71. The molecule has 0 spiro atoms. The van der Waals surface area contributed by atoms with Crippen LogP contribution in [0.3, 0.4) is 0 Å². The summed E-state index contributed by atoms with van der Waals surface area (Å²) in [4.78, 5) is 37.7. The van der Waals surface area contributed by atoms with Crippen LogP contribution in [-0.4, -0.2) is 27.3 Å². The third kappa shape index (κ3) is 4.00. The van der Waals surface area contributed by atoms with Gasteiger partial charge in [-0.3, -0.25) is 14.3 Å². The lowest BCUT2D eigenvalue weighted by atomic mass is 10.1. The van der Waals surface area contributed by atoms with Crippen LogP contribution in [0.15, 0.2) is 59.4 Å². The molecule has 3 aromatic rings. The highest BCUT2D eigenvalue weighted by Crippen LogP contribution is 2.15. The number of hydrogen-bond donors (Lipinski definition) is 1. The molecule has 0 aliphatic heterocycles. The zero-order chi connectivity index (χ0) is 21.8. The van der Waals surface area contributed by atoms with Crippen LogP contribution in [0.2, 0.25) is 0 Å². The van der Waals surface area contributed by atoms with Crippen molar-refractivity contribution in [3.05, 3.63) is 81.8 Å². The van der Waals surface area contributed by atoms with Crippen molar-refractivity contribution in [3.8, 4) is 11.8 Å². The molecule has 0 fully saturated rings. The zero-order valence-electron chi connectivity index (χ0n) is 16.7. The standard InChI is InChI=1S/C22H20N4O4/c1-14-19(21(28)26(25(14)3)18-7-5-4-6-8-18)24-20(27)15(2)30-22(29)17-11-9-16(13-23)10-12-17/h4-12,15H,1-3H3,(H,24,27)/t15-/m1/s1. The molecule has 152 valence electrons. The van der Waals surface area contributed by atoms with E-state index < -0.39 is 18.0 Å². The first-order valence-corrected chi connectivity index (χ1v) is 9.19. The Morgan fingerprint density at radius 3 is 2.33 bits per heavy atom. The van der Waals surface area contributed by atoms with Gasteiger partial charge in [0, 0.05) is 7.05 Å². The number of carbonyl (C=O) groups excluding carboxylic acids is 2. The molecule has 0 aliphatic rings. The van der Waals surface area contributed by atoms with E-state index in [9.17, 15) is 14.4 Å². The number of benzene rings is 2. The highest BCUT2D eigenvalue weighted by Gasteiger charge is 2.23. The number of nitrogens with one attached hydrogen (secondary N) is 1. The van der Waals surface area contributed by atoms with Crippen LogP contribution in [0.1, 0.15) is 28.5 Å². The molecule has 0 radical (unpaired) electrons. The molecule has 30 heavy (non-hydrogen) atoms. The lowest BCUT2D eigenvalue weighted by molar-refractivity contribution is -0.123. The second-order valence-electron chi connectivity index (χ2n) is 6.66. The number of nitriles is 1. The van der Waals surface area contributed by atoms with E-state index in [1.54, 1.807) is 30.8 Å². The average Bonchev–Trinajstić information content (AvgIpc) is 2.97. The van der Waals surface area contributed by atoms with Crippen molar-refractivity contribution in [2.75, 3.05) is 5.32 Å². The summed E-state index contributed by atoms with van der Waals surface area (Å²) in [6.45, 7) is 3.13. The van der Waals surface area contributed by atoms with E-state index in [1.807, 2.05) is 24.3 Å². The van der Waals surface area contributed by atoms with E-state index in [-0.39, 0.29) is 16.8 Å². The number of hydrogen-bond acceptors (Lipinski definition) is 5. The van der Waals surface area contributed by atoms with Crippen molar-refractivity contribution in [3.63, 3.8) is 0 Å². The van der Waals surface area contributed by atoms with Gasteiger partial charge in [0.1, 0.15) is 5.69 Å². The Kier molecular flexibility index (Phi) is 5.83. The number of esters is 1. The van der Waals surface area contributed by atoms with Crippen molar-refractivity contribution in [1.82, 2.24) is 9.36 Å². The first kappa shape index (κ1) is 20.6. The number of para-hydroxylation sites is 1. The Bertz CT molecular complexity index is 1180. The van der Waals surface area contributed by atoms with E-state index >= 15 is 0 Å². The molecule has 0 saturated carbocycles. The van der Waals surface area contributed by atoms with E-state index in [2.05, 4.69) is 5.32 Å². The van der Waals surface area contributed by atoms with E-state index in [0.29, 0.717) is 16.9 Å². The predicted octanol–water partition coefficient (Wildman–Crippen LogP) is 2.54. The fraction of sp³-hybridized carbons (Fsp3) is 0.182. The van der Waals surface area contributed by atoms with Crippen molar-refractivity contribution in [2.24, 2.45) is 7.05 Å². The van der Waals surface area contributed by atoms with Crippen molar-refractivity contribution < 1.29 is 14.3 Å². The summed E-state index contributed by atoms with van der Waals surface area (Å²) in [7, 11) is 1.72. The van der Waals surface area contributed by atoms with Gasteiger partial charge >= 0.3 is 5.97 Å². The topological polar surface area (TPSA) is 106 Å². The second kappa shape index (κ2) is 8.49. The molecule has 3 rings (SSSR count). The highest BCUT2D eigenvalue weighted by atomic mass is 16.5. The fourth-order valence-corrected chi connectivity index (χ4v) is 2.90. The minimum absolute atomic E-state index is 0.118. The normalized spacial score (nSPS) is 11.4. The number of amides is 1. The molecule has 0 bridgehead atoms. The van der Waals surface area contributed by atoms with Gasteiger partial charge in [0.25, 0.3) is 11.5 Å². The second-order valence-corrected chi connectivity index (χ2v) is 6.66. The minimum Gasteiger partial charge on any atom is -0.449 e. The van der Waals surface area contributed by atoms with E-state index in [1.165, 1.54) is 35.9 Å². The average molecular weight is 404 g/mol. The number of ether oxygens (including phenoxy) is 1. The SMILES string of the molecule is Cc1c(NC(=O)[C@@H](C)OC(=O)c2ccc(C#N)cc2)c(=O)n(-c2ccccc2)n1C. The maximum atomic E-state index is 12.9. The molecule has 2 aromatic carbocycles. The van der Waals surface area contributed by atoms with Crippen molar-refractivity contribution in [2.45, 2.75) is 20.0 Å². The largest absolute Gasteiger partial charge is 0.449 e. The molecular weight excluding hydrogens is 384 g/mol. The molecular formula is C22H20N4O4. The maximum Gasteiger partial charge on any atom is 0.338 e. The molecule has 0 saturated heterocycles. The molecule has 0 aliphatic carbocycles. The van der Waals surface area contributed by atoms with Gasteiger partial charge in [-0.25, -0.2) is 9.48 Å². The van der Waals surface area contributed by atoms with Crippen LogP contribution in [0.25, 0.3) is 5.69 Å². The number of nitrogens with zero attached hydrogens (tertiary/aromatic N) is 3. The first-order valence-electron chi connectivity index (χ1n) is 9.19. The maximum absolute atomic E-state index is 12.9. The quantitative estimate of drug-likeness (QED) is 0.658. The van der Waals surface area contributed by atoms with Crippen molar-refractivity contribution in [1.29, 1.82) is 5.26 Å². The van der Waals surface area contributed by atoms with Crippen LogP contribution in [0.5, 0.6) is 0 Å². The Labute approximate surface area is 172 Å².